The molecule has 4 unspecified atom stereocenters. The van der Waals surface area contributed by atoms with Crippen LogP contribution in [0.25, 0.3) is 0 Å². The first-order valence-electron chi connectivity index (χ1n) is 11.8. The van der Waals surface area contributed by atoms with Gasteiger partial charge in [-0.2, -0.15) is 0 Å². The van der Waals surface area contributed by atoms with Crippen LogP contribution in [-0.4, -0.2) is 60.1 Å². The number of ether oxygens (including phenoxy) is 4. The van der Waals surface area contributed by atoms with Crippen LogP contribution in [0.3, 0.4) is 0 Å². The van der Waals surface area contributed by atoms with E-state index in [9.17, 15) is 28.8 Å². The van der Waals surface area contributed by atoms with Crippen LogP contribution in [-0.2, 0) is 47.7 Å². The molecule has 226 valence electrons. The second kappa shape index (κ2) is 15.6. The quantitative estimate of drug-likeness (QED) is 0.256. The molecular weight excluding hydrogens is 642 g/mol. The molecule has 0 fully saturated rings. The Labute approximate surface area is 259 Å². The SMILES string of the molecule is CC(=O)OC(C(=O)Nc1c(Cl)cccc1Cl)C(OC(C)=O)C(OC(C)=O)C(OC(C)=O)C(=O)Nc1c(Cl)cccc1Cl. The molecule has 2 N–H and O–H groups in total. The first-order chi connectivity index (χ1) is 19.6. The molecule has 0 aliphatic heterocycles. The monoisotopic (exact) mass is 664 g/mol. The molecule has 16 heteroatoms. The normalized spacial score (nSPS) is 13.4. The van der Waals surface area contributed by atoms with Gasteiger partial charge in [-0.3, -0.25) is 28.8 Å². The van der Waals surface area contributed by atoms with Gasteiger partial charge in [-0.05, 0) is 24.3 Å². The molecular formula is C26H24Cl4N2O10. The van der Waals surface area contributed by atoms with E-state index in [0.717, 1.165) is 27.7 Å². The number of carbonyl (C=O) groups excluding carboxylic acids is 6. The van der Waals surface area contributed by atoms with Crippen LogP contribution in [0.2, 0.25) is 20.1 Å². The van der Waals surface area contributed by atoms with Crippen LogP contribution in [0.5, 0.6) is 0 Å². The van der Waals surface area contributed by atoms with Crippen LogP contribution >= 0.6 is 46.4 Å². The molecule has 0 aliphatic rings. The van der Waals surface area contributed by atoms with E-state index in [1.807, 2.05) is 0 Å². The van der Waals surface area contributed by atoms with E-state index < -0.39 is 60.1 Å². The Morgan fingerprint density at radius 3 is 1.02 bits per heavy atom. The smallest absolute Gasteiger partial charge is 0.303 e. The lowest BCUT2D eigenvalue weighted by atomic mass is 10.00. The minimum atomic E-state index is -2.11. The maximum Gasteiger partial charge on any atom is 0.303 e. The number of hydrogen-bond acceptors (Lipinski definition) is 10. The Bertz CT molecular complexity index is 1240. The average molecular weight is 666 g/mol. The number of benzene rings is 2. The molecule has 2 aromatic rings. The van der Waals surface area contributed by atoms with Crippen molar-refractivity contribution in [3.8, 4) is 0 Å². The topological polar surface area (TPSA) is 163 Å². The summed E-state index contributed by atoms with van der Waals surface area (Å²) in [5.74, 6) is -6.55. The maximum atomic E-state index is 13.5. The van der Waals surface area contributed by atoms with Gasteiger partial charge >= 0.3 is 23.9 Å². The second-order valence-corrected chi connectivity index (χ2v) is 10.0. The predicted molar refractivity (Wildman–Crippen MR) is 152 cm³/mol. The van der Waals surface area contributed by atoms with Crippen LogP contribution in [0, 0.1) is 0 Å². The Morgan fingerprint density at radius 1 is 0.524 bits per heavy atom. The lowest BCUT2D eigenvalue weighted by molar-refractivity contribution is -0.198. The molecule has 12 nitrogen and oxygen atoms in total. The molecule has 42 heavy (non-hydrogen) atoms. The highest BCUT2D eigenvalue weighted by Gasteiger charge is 2.49. The summed E-state index contributed by atoms with van der Waals surface area (Å²) in [4.78, 5) is 75.5. The summed E-state index contributed by atoms with van der Waals surface area (Å²) >= 11 is 24.6. The molecule has 0 spiro atoms. The summed E-state index contributed by atoms with van der Waals surface area (Å²) in [6.07, 6.45) is -8.38. The van der Waals surface area contributed by atoms with Gasteiger partial charge in [0.05, 0.1) is 31.5 Å². The van der Waals surface area contributed by atoms with E-state index in [0.29, 0.717) is 0 Å². The van der Waals surface area contributed by atoms with Crippen molar-refractivity contribution in [3.63, 3.8) is 0 Å². The molecule has 0 aromatic heterocycles. The van der Waals surface area contributed by atoms with E-state index in [1.165, 1.54) is 36.4 Å². The highest BCUT2D eigenvalue weighted by molar-refractivity contribution is 6.40. The third-order valence-electron chi connectivity index (χ3n) is 5.05. The maximum absolute atomic E-state index is 13.5. The third kappa shape index (κ3) is 9.76. The van der Waals surface area contributed by atoms with Gasteiger partial charge in [-0.1, -0.05) is 58.5 Å². The average Bonchev–Trinajstić information content (AvgIpc) is 2.87. The summed E-state index contributed by atoms with van der Waals surface area (Å²) in [6, 6.07) is 8.59. The number of esters is 4. The van der Waals surface area contributed by atoms with Crippen LogP contribution in [0.4, 0.5) is 11.4 Å². The summed E-state index contributed by atoms with van der Waals surface area (Å²) in [7, 11) is 0. The van der Waals surface area contributed by atoms with Gasteiger partial charge in [0, 0.05) is 27.7 Å². The van der Waals surface area contributed by atoms with Crippen molar-refractivity contribution in [2.24, 2.45) is 0 Å². The van der Waals surface area contributed by atoms with Crippen LogP contribution < -0.4 is 10.6 Å². The number of amides is 2. The fraction of sp³-hybridized carbons (Fsp3) is 0.308. The van der Waals surface area contributed by atoms with Gasteiger partial charge in [0.2, 0.25) is 12.2 Å². The van der Waals surface area contributed by atoms with Crippen molar-refractivity contribution in [1.82, 2.24) is 0 Å². The summed E-state index contributed by atoms with van der Waals surface area (Å²) in [5.41, 5.74) is -0.201. The lowest BCUT2D eigenvalue weighted by Gasteiger charge is -2.34. The zero-order valence-corrected chi connectivity index (χ0v) is 25.4. The fourth-order valence-corrected chi connectivity index (χ4v) is 4.49. The second-order valence-electron chi connectivity index (χ2n) is 8.38. The third-order valence-corrected chi connectivity index (χ3v) is 6.31. The molecule has 2 aromatic carbocycles. The van der Waals surface area contributed by atoms with Gasteiger partial charge in [0.15, 0.2) is 12.2 Å². The van der Waals surface area contributed by atoms with Gasteiger partial charge in [-0.15, -0.1) is 0 Å². The molecule has 4 atom stereocenters. The number of carbonyl (C=O) groups is 6. The molecule has 2 amide bonds. The van der Waals surface area contributed by atoms with Crippen LogP contribution in [0.1, 0.15) is 27.7 Å². The van der Waals surface area contributed by atoms with Gasteiger partial charge in [0.25, 0.3) is 11.8 Å². The lowest BCUT2D eigenvalue weighted by Crippen LogP contribution is -2.57. The largest absolute Gasteiger partial charge is 0.454 e. The van der Waals surface area contributed by atoms with E-state index >= 15 is 0 Å². The zero-order valence-electron chi connectivity index (χ0n) is 22.4. The van der Waals surface area contributed by atoms with Crippen molar-refractivity contribution in [1.29, 1.82) is 0 Å². The van der Waals surface area contributed by atoms with Crippen molar-refractivity contribution in [2.45, 2.75) is 52.1 Å². The van der Waals surface area contributed by atoms with E-state index in [2.05, 4.69) is 10.6 Å². The summed E-state index contributed by atoms with van der Waals surface area (Å²) in [6.45, 7) is 3.72. The minimum Gasteiger partial charge on any atom is -0.454 e. The van der Waals surface area contributed by atoms with Gasteiger partial charge < -0.3 is 29.6 Å². The number of halogens is 4. The number of rotatable bonds is 11. The summed E-state index contributed by atoms with van der Waals surface area (Å²) < 4.78 is 20.8. The molecule has 0 bridgehead atoms. The Hall–Kier alpha value is -3.58. The van der Waals surface area contributed by atoms with Crippen molar-refractivity contribution >= 4 is 93.5 Å². The number of anilines is 2. The van der Waals surface area contributed by atoms with Gasteiger partial charge in [-0.25, -0.2) is 0 Å². The first kappa shape index (κ1) is 34.6. The van der Waals surface area contributed by atoms with E-state index in [-0.39, 0.29) is 31.5 Å². The Kier molecular flexibility index (Phi) is 12.9. The molecule has 0 saturated carbocycles. The molecule has 0 heterocycles. The fourth-order valence-electron chi connectivity index (χ4n) is 3.51. The minimum absolute atomic E-state index is 0.00761. The summed E-state index contributed by atoms with van der Waals surface area (Å²) in [5, 5.41) is 4.68. The Balaban J connectivity index is 2.68. The first-order valence-corrected chi connectivity index (χ1v) is 13.3. The van der Waals surface area contributed by atoms with Crippen molar-refractivity contribution in [3.05, 3.63) is 56.5 Å². The molecule has 0 saturated heterocycles. The number of para-hydroxylation sites is 2. The van der Waals surface area contributed by atoms with Crippen molar-refractivity contribution in [2.75, 3.05) is 10.6 Å². The Morgan fingerprint density at radius 2 is 0.786 bits per heavy atom. The van der Waals surface area contributed by atoms with Crippen molar-refractivity contribution < 1.29 is 47.7 Å². The standard InChI is InChI=1S/C26H24Cl4N2O10/c1-11(33)39-21(23(41-13(3)35)25(37)31-19-15(27)7-5-8-16(19)28)22(40-12(2)34)24(42-14(4)36)26(38)32-20-17(29)9-6-10-18(20)30/h5-10,21-24H,1-4H3,(H,31,37)(H,32,38). The number of nitrogens with one attached hydrogen (secondary N) is 2. The highest BCUT2D eigenvalue weighted by Crippen LogP contribution is 2.32. The number of hydrogen-bond donors (Lipinski definition) is 2. The molecule has 0 aliphatic carbocycles. The van der Waals surface area contributed by atoms with Crippen LogP contribution in [0.15, 0.2) is 36.4 Å². The predicted octanol–water partition coefficient (Wildman–Crippen LogP) is 4.60. The van der Waals surface area contributed by atoms with E-state index in [4.69, 9.17) is 65.4 Å². The zero-order chi connectivity index (χ0) is 31.7. The molecule has 0 radical (unpaired) electrons. The van der Waals surface area contributed by atoms with Gasteiger partial charge in [0.1, 0.15) is 0 Å². The van der Waals surface area contributed by atoms with E-state index in [1.54, 1.807) is 0 Å². The molecule has 2 rings (SSSR count). The highest BCUT2D eigenvalue weighted by atomic mass is 35.5.